The van der Waals surface area contributed by atoms with Crippen LogP contribution in [-0.2, 0) is 13.0 Å². The summed E-state index contributed by atoms with van der Waals surface area (Å²) in [5, 5.41) is 0. The first-order valence-corrected chi connectivity index (χ1v) is 6.95. The molecule has 0 saturated heterocycles. The second-order valence-corrected chi connectivity index (χ2v) is 5.07. The van der Waals surface area contributed by atoms with Crippen LogP contribution in [0.3, 0.4) is 0 Å². The van der Waals surface area contributed by atoms with Crippen molar-refractivity contribution in [3.05, 3.63) is 53.0 Å². The Balaban J connectivity index is 2.11. The highest BCUT2D eigenvalue weighted by atomic mass is 16.4. The topological polar surface area (TPSA) is 71.5 Å². The minimum absolute atomic E-state index is 0.266. The third-order valence-electron chi connectivity index (χ3n) is 3.48. The van der Waals surface area contributed by atoms with Crippen molar-refractivity contribution in [2.75, 3.05) is 11.9 Å². The number of carbonyl (C=O) groups excluding carboxylic acids is 1. The zero-order valence-electron chi connectivity index (χ0n) is 12.6. The van der Waals surface area contributed by atoms with Crippen molar-refractivity contribution in [3.63, 3.8) is 0 Å². The van der Waals surface area contributed by atoms with Gasteiger partial charge in [0.15, 0.2) is 5.76 Å². The first-order valence-electron chi connectivity index (χ1n) is 6.95. The standard InChI is InChI=1S/C16H21N3O2/c1-4-12-5-7-13(8-6-12)19(3)10-14-9-11(2)15(21-14)16(20)18-17/h5-9H,4,10,17H2,1-3H3,(H,18,20). The molecule has 0 spiro atoms. The first kappa shape index (κ1) is 15.1. The van der Waals surface area contributed by atoms with E-state index in [0.717, 1.165) is 23.4 Å². The van der Waals surface area contributed by atoms with Gasteiger partial charge in [-0.1, -0.05) is 19.1 Å². The molecule has 21 heavy (non-hydrogen) atoms. The van der Waals surface area contributed by atoms with Gasteiger partial charge in [0.05, 0.1) is 6.54 Å². The minimum Gasteiger partial charge on any atom is -0.454 e. The summed E-state index contributed by atoms with van der Waals surface area (Å²) in [6, 6.07) is 10.3. The number of nitrogens with zero attached hydrogens (tertiary/aromatic N) is 1. The lowest BCUT2D eigenvalue weighted by Gasteiger charge is -2.18. The van der Waals surface area contributed by atoms with Crippen LogP contribution in [0.1, 0.15) is 34.4 Å². The molecule has 2 rings (SSSR count). The molecule has 5 nitrogen and oxygen atoms in total. The van der Waals surface area contributed by atoms with Gasteiger partial charge in [-0.2, -0.15) is 0 Å². The highest BCUT2D eigenvalue weighted by Gasteiger charge is 2.15. The Morgan fingerprint density at radius 3 is 2.57 bits per heavy atom. The lowest BCUT2D eigenvalue weighted by atomic mass is 10.1. The number of aryl methyl sites for hydroxylation is 2. The fraction of sp³-hybridized carbons (Fsp3) is 0.312. The number of hydrogen-bond donors (Lipinski definition) is 2. The van der Waals surface area contributed by atoms with Gasteiger partial charge in [0, 0.05) is 18.3 Å². The maximum absolute atomic E-state index is 11.5. The molecule has 0 bridgehead atoms. The molecule has 112 valence electrons. The third-order valence-corrected chi connectivity index (χ3v) is 3.48. The number of amides is 1. The third kappa shape index (κ3) is 3.44. The van der Waals surface area contributed by atoms with Gasteiger partial charge in [-0.25, -0.2) is 5.84 Å². The van der Waals surface area contributed by atoms with Crippen molar-refractivity contribution in [2.24, 2.45) is 5.84 Å². The fourth-order valence-corrected chi connectivity index (χ4v) is 2.23. The Kier molecular flexibility index (Phi) is 4.65. The summed E-state index contributed by atoms with van der Waals surface area (Å²) < 4.78 is 5.57. The first-order chi connectivity index (χ1) is 10.0. The van der Waals surface area contributed by atoms with Gasteiger partial charge in [0.25, 0.3) is 0 Å². The SMILES string of the molecule is CCc1ccc(N(C)Cc2cc(C)c(C(=O)NN)o2)cc1. The van der Waals surface area contributed by atoms with Crippen LogP contribution in [0.25, 0.3) is 0 Å². The van der Waals surface area contributed by atoms with Crippen molar-refractivity contribution in [3.8, 4) is 0 Å². The van der Waals surface area contributed by atoms with E-state index in [1.165, 1.54) is 5.56 Å². The average Bonchev–Trinajstić information content (AvgIpc) is 2.87. The van der Waals surface area contributed by atoms with Crippen LogP contribution in [0.15, 0.2) is 34.7 Å². The van der Waals surface area contributed by atoms with Gasteiger partial charge in [0.2, 0.25) is 0 Å². The predicted molar refractivity (Wildman–Crippen MR) is 83.0 cm³/mol. The Morgan fingerprint density at radius 2 is 2.00 bits per heavy atom. The fourth-order valence-electron chi connectivity index (χ4n) is 2.23. The van der Waals surface area contributed by atoms with Crippen LogP contribution in [0.5, 0.6) is 0 Å². The summed E-state index contributed by atoms with van der Waals surface area (Å²) in [6.45, 7) is 4.55. The monoisotopic (exact) mass is 287 g/mol. The lowest BCUT2D eigenvalue weighted by molar-refractivity contribution is 0.0923. The summed E-state index contributed by atoms with van der Waals surface area (Å²) in [5.74, 6) is 5.72. The van der Waals surface area contributed by atoms with Gasteiger partial charge in [-0.05, 0) is 37.1 Å². The summed E-state index contributed by atoms with van der Waals surface area (Å²) in [4.78, 5) is 13.6. The highest BCUT2D eigenvalue weighted by Crippen LogP contribution is 2.20. The number of rotatable bonds is 5. The number of hydrazine groups is 1. The van der Waals surface area contributed by atoms with E-state index >= 15 is 0 Å². The second-order valence-electron chi connectivity index (χ2n) is 5.07. The van der Waals surface area contributed by atoms with E-state index in [0.29, 0.717) is 6.54 Å². The van der Waals surface area contributed by atoms with Crippen LogP contribution in [0.2, 0.25) is 0 Å². The second kappa shape index (κ2) is 6.45. The molecule has 1 aromatic heterocycles. The van der Waals surface area contributed by atoms with Gasteiger partial charge in [0.1, 0.15) is 5.76 Å². The Labute approximate surface area is 124 Å². The average molecular weight is 287 g/mol. The van der Waals surface area contributed by atoms with E-state index in [1.807, 2.05) is 20.0 Å². The van der Waals surface area contributed by atoms with E-state index in [-0.39, 0.29) is 5.76 Å². The van der Waals surface area contributed by atoms with Gasteiger partial charge in [-0.15, -0.1) is 0 Å². The molecule has 0 aliphatic heterocycles. The molecule has 0 fully saturated rings. The van der Waals surface area contributed by atoms with Crippen LogP contribution in [0, 0.1) is 6.92 Å². The number of furan rings is 1. The van der Waals surface area contributed by atoms with E-state index in [2.05, 4.69) is 41.5 Å². The molecule has 2 aromatic rings. The van der Waals surface area contributed by atoms with Gasteiger partial charge < -0.3 is 9.32 Å². The molecule has 1 heterocycles. The van der Waals surface area contributed by atoms with Crippen molar-refractivity contribution >= 4 is 11.6 Å². The van der Waals surface area contributed by atoms with Crippen molar-refractivity contribution < 1.29 is 9.21 Å². The Hall–Kier alpha value is -2.27. The number of nitrogens with two attached hydrogens (primary N) is 1. The molecule has 1 amide bonds. The van der Waals surface area contributed by atoms with E-state index in [1.54, 1.807) is 0 Å². The molecule has 3 N–H and O–H groups in total. The number of nitrogens with one attached hydrogen (secondary N) is 1. The largest absolute Gasteiger partial charge is 0.454 e. The number of nitrogen functional groups attached to an aromatic ring is 1. The normalized spacial score (nSPS) is 10.5. The van der Waals surface area contributed by atoms with Crippen LogP contribution >= 0.6 is 0 Å². The van der Waals surface area contributed by atoms with Crippen LogP contribution in [0.4, 0.5) is 5.69 Å². The Bertz CT molecular complexity index is 617. The van der Waals surface area contributed by atoms with Crippen molar-refractivity contribution in [2.45, 2.75) is 26.8 Å². The number of anilines is 1. The number of carbonyl (C=O) groups is 1. The van der Waals surface area contributed by atoms with E-state index in [4.69, 9.17) is 10.3 Å². The molecular formula is C16H21N3O2. The molecule has 0 aliphatic carbocycles. The van der Waals surface area contributed by atoms with Crippen molar-refractivity contribution in [1.82, 2.24) is 5.43 Å². The molecule has 5 heteroatoms. The van der Waals surface area contributed by atoms with Crippen LogP contribution in [-0.4, -0.2) is 13.0 Å². The summed E-state index contributed by atoms with van der Waals surface area (Å²) >= 11 is 0. The minimum atomic E-state index is -0.409. The molecular weight excluding hydrogens is 266 g/mol. The number of benzene rings is 1. The van der Waals surface area contributed by atoms with E-state index in [9.17, 15) is 4.79 Å². The maximum Gasteiger partial charge on any atom is 0.301 e. The van der Waals surface area contributed by atoms with Crippen LogP contribution < -0.4 is 16.2 Å². The molecule has 0 saturated carbocycles. The molecule has 0 atom stereocenters. The smallest absolute Gasteiger partial charge is 0.301 e. The predicted octanol–water partition coefficient (Wildman–Crippen LogP) is 2.39. The zero-order chi connectivity index (χ0) is 15.4. The molecule has 0 unspecified atom stereocenters. The summed E-state index contributed by atoms with van der Waals surface area (Å²) in [5.41, 5.74) is 5.28. The quantitative estimate of drug-likeness (QED) is 0.503. The summed E-state index contributed by atoms with van der Waals surface area (Å²) in [7, 11) is 1.99. The molecule has 0 radical (unpaired) electrons. The summed E-state index contributed by atoms with van der Waals surface area (Å²) in [6.07, 6.45) is 1.03. The maximum atomic E-state index is 11.5. The number of hydrogen-bond acceptors (Lipinski definition) is 4. The van der Waals surface area contributed by atoms with Gasteiger partial charge in [-0.3, -0.25) is 10.2 Å². The Morgan fingerprint density at radius 1 is 1.33 bits per heavy atom. The lowest BCUT2D eigenvalue weighted by Crippen LogP contribution is -2.30. The highest BCUT2D eigenvalue weighted by molar-refractivity contribution is 5.92. The molecule has 0 aliphatic rings. The molecule has 1 aromatic carbocycles. The van der Waals surface area contributed by atoms with E-state index < -0.39 is 5.91 Å². The zero-order valence-corrected chi connectivity index (χ0v) is 12.6. The van der Waals surface area contributed by atoms with Gasteiger partial charge >= 0.3 is 5.91 Å². The van der Waals surface area contributed by atoms with Crippen molar-refractivity contribution in [1.29, 1.82) is 0 Å².